The summed E-state index contributed by atoms with van der Waals surface area (Å²) in [4.78, 5) is 1.66. The number of quaternary nitrogens is 1. The summed E-state index contributed by atoms with van der Waals surface area (Å²) in [6.07, 6.45) is 12.8. The zero-order chi connectivity index (χ0) is 12.1. The molecule has 1 fully saturated rings. The number of aromatic nitrogens is 1. The Bertz CT molecular complexity index is 384. The van der Waals surface area contributed by atoms with E-state index in [9.17, 15) is 0 Å². The predicted molar refractivity (Wildman–Crippen MR) is 69.8 cm³/mol. The average molecular weight is 232 g/mol. The molecule has 0 bridgehead atoms. The molecular formula is C15H24N2+2. The van der Waals surface area contributed by atoms with E-state index in [0.29, 0.717) is 6.04 Å². The van der Waals surface area contributed by atoms with Crippen molar-refractivity contribution in [1.82, 2.24) is 0 Å². The minimum Gasteiger partial charge on any atom is -0.331 e. The minimum atomic E-state index is 0.706. The Morgan fingerprint density at radius 1 is 1.47 bits per heavy atom. The van der Waals surface area contributed by atoms with E-state index < -0.39 is 0 Å². The van der Waals surface area contributed by atoms with Crippen LogP contribution in [0.25, 0.3) is 0 Å². The smallest absolute Gasteiger partial charge is 0.178 e. The molecular weight excluding hydrogens is 208 g/mol. The number of hydrogen-bond acceptors (Lipinski definition) is 0. The minimum absolute atomic E-state index is 0.706. The molecule has 0 aliphatic carbocycles. The van der Waals surface area contributed by atoms with Gasteiger partial charge in [0, 0.05) is 18.9 Å². The fourth-order valence-electron chi connectivity index (χ4n) is 2.68. The van der Waals surface area contributed by atoms with Gasteiger partial charge in [-0.1, -0.05) is 13.0 Å². The number of hydrogen-bond donors (Lipinski definition) is 1. The molecule has 1 aliphatic rings. The van der Waals surface area contributed by atoms with Gasteiger partial charge in [-0.05, 0) is 18.6 Å². The molecule has 0 radical (unpaired) electrons. The molecule has 1 aromatic rings. The molecule has 1 aromatic heterocycles. The highest BCUT2D eigenvalue weighted by molar-refractivity contribution is 5.09. The van der Waals surface area contributed by atoms with Crippen LogP contribution in [-0.2, 0) is 6.54 Å². The standard InChI is InChI=1S/C15H23N2/c1-3-4-5-11-17-12-6-8-14(13-17)15-9-7-10-16(15)2/h4-6,8,12-13,15H,3,7,9-11H2,1-2H3/q+1/p+1/b5-4-. The Kier molecular flexibility index (Phi) is 4.32. The van der Waals surface area contributed by atoms with Gasteiger partial charge in [0.2, 0.25) is 0 Å². The number of likely N-dealkylation sites (tertiary alicyclic amines) is 1. The van der Waals surface area contributed by atoms with Crippen LogP contribution in [-0.4, -0.2) is 13.6 Å². The molecule has 2 heterocycles. The van der Waals surface area contributed by atoms with Crippen LogP contribution < -0.4 is 9.47 Å². The lowest BCUT2D eigenvalue weighted by atomic mass is 10.1. The topological polar surface area (TPSA) is 8.32 Å². The van der Waals surface area contributed by atoms with Gasteiger partial charge in [-0.15, -0.1) is 0 Å². The third-order valence-electron chi connectivity index (χ3n) is 3.66. The molecule has 2 unspecified atom stereocenters. The Morgan fingerprint density at radius 3 is 3.06 bits per heavy atom. The molecule has 92 valence electrons. The van der Waals surface area contributed by atoms with E-state index in [-0.39, 0.29) is 0 Å². The van der Waals surface area contributed by atoms with Crippen molar-refractivity contribution >= 4 is 0 Å². The maximum Gasteiger partial charge on any atom is 0.178 e. The fourth-order valence-corrected chi connectivity index (χ4v) is 2.68. The van der Waals surface area contributed by atoms with Crippen LogP contribution >= 0.6 is 0 Å². The lowest BCUT2D eigenvalue weighted by molar-refractivity contribution is -0.898. The van der Waals surface area contributed by atoms with Gasteiger partial charge in [-0.2, -0.15) is 0 Å². The van der Waals surface area contributed by atoms with Crippen LogP contribution in [0.3, 0.4) is 0 Å². The summed E-state index contributed by atoms with van der Waals surface area (Å²) in [7, 11) is 2.31. The van der Waals surface area contributed by atoms with E-state index >= 15 is 0 Å². The van der Waals surface area contributed by atoms with Crippen molar-refractivity contribution in [2.45, 2.75) is 38.8 Å². The third kappa shape index (κ3) is 3.16. The zero-order valence-corrected chi connectivity index (χ0v) is 11.0. The van der Waals surface area contributed by atoms with E-state index in [4.69, 9.17) is 0 Å². The van der Waals surface area contributed by atoms with Crippen LogP contribution in [0.1, 0.15) is 37.8 Å². The predicted octanol–water partition coefficient (Wildman–Crippen LogP) is 1.29. The summed E-state index contributed by atoms with van der Waals surface area (Å²) in [5.41, 5.74) is 1.49. The van der Waals surface area contributed by atoms with Crippen molar-refractivity contribution in [2.24, 2.45) is 0 Å². The summed E-state index contributed by atoms with van der Waals surface area (Å²) < 4.78 is 2.28. The van der Waals surface area contributed by atoms with E-state index in [2.05, 4.69) is 55.2 Å². The van der Waals surface area contributed by atoms with Gasteiger partial charge in [0.25, 0.3) is 0 Å². The maximum atomic E-state index is 2.32. The summed E-state index contributed by atoms with van der Waals surface area (Å²) in [5.74, 6) is 0. The van der Waals surface area contributed by atoms with Crippen LogP contribution in [0, 0.1) is 0 Å². The first kappa shape index (κ1) is 12.3. The molecule has 2 heteroatoms. The molecule has 0 amide bonds. The largest absolute Gasteiger partial charge is 0.331 e. The highest BCUT2D eigenvalue weighted by Gasteiger charge is 2.28. The van der Waals surface area contributed by atoms with Crippen molar-refractivity contribution in [3.05, 3.63) is 42.2 Å². The van der Waals surface area contributed by atoms with Gasteiger partial charge in [0.15, 0.2) is 18.9 Å². The summed E-state index contributed by atoms with van der Waals surface area (Å²) >= 11 is 0. The second-order valence-electron chi connectivity index (χ2n) is 5.00. The van der Waals surface area contributed by atoms with Crippen LogP contribution in [0.15, 0.2) is 36.7 Å². The number of rotatable bonds is 4. The van der Waals surface area contributed by atoms with Gasteiger partial charge in [0.05, 0.1) is 19.2 Å². The van der Waals surface area contributed by atoms with Crippen molar-refractivity contribution in [2.75, 3.05) is 13.6 Å². The first-order valence-electron chi connectivity index (χ1n) is 6.77. The normalized spacial score (nSPS) is 24.6. The quantitative estimate of drug-likeness (QED) is 0.591. The first-order chi connectivity index (χ1) is 8.31. The molecule has 17 heavy (non-hydrogen) atoms. The molecule has 1 N–H and O–H groups in total. The molecule has 1 saturated heterocycles. The van der Waals surface area contributed by atoms with Crippen molar-refractivity contribution in [3.8, 4) is 0 Å². The Morgan fingerprint density at radius 2 is 2.35 bits per heavy atom. The average Bonchev–Trinajstić information content (AvgIpc) is 2.76. The van der Waals surface area contributed by atoms with Crippen LogP contribution in [0.5, 0.6) is 0 Å². The van der Waals surface area contributed by atoms with E-state index in [1.165, 1.54) is 24.9 Å². The SMILES string of the molecule is CC/C=C\C[n+]1cccc(C2CCC[NH+]2C)c1. The summed E-state index contributed by atoms with van der Waals surface area (Å²) in [5, 5.41) is 0. The van der Waals surface area contributed by atoms with Gasteiger partial charge in [0.1, 0.15) is 6.04 Å². The number of nitrogens with one attached hydrogen (secondary N) is 1. The summed E-state index contributed by atoms with van der Waals surface area (Å²) in [6.45, 7) is 4.48. The second-order valence-corrected chi connectivity index (χ2v) is 5.00. The zero-order valence-electron chi connectivity index (χ0n) is 11.0. The lowest BCUT2D eigenvalue weighted by Gasteiger charge is -2.15. The lowest BCUT2D eigenvalue weighted by Crippen LogP contribution is -3.07. The molecule has 0 saturated carbocycles. The molecule has 0 aromatic carbocycles. The second kappa shape index (κ2) is 5.97. The Hall–Kier alpha value is -1.15. The number of allylic oxidation sites excluding steroid dienone is 2. The molecule has 1 aliphatic heterocycles. The van der Waals surface area contributed by atoms with E-state index in [1.54, 1.807) is 4.90 Å². The van der Waals surface area contributed by atoms with Gasteiger partial charge in [-0.25, -0.2) is 4.57 Å². The van der Waals surface area contributed by atoms with E-state index in [1.807, 2.05) is 0 Å². The monoisotopic (exact) mass is 232 g/mol. The van der Waals surface area contributed by atoms with Gasteiger partial charge >= 0.3 is 0 Å². The number of pyridine rings is 1. The maximum absolute atomic E-state index is 2.32. The van der Waals surface area contributed by atoms with Crippen LogP contribution in [0.2, 0.25) is 0 Å². The van der Waals surface area contributed by atoms with E-state index in [0.717, 1.165) is 13.0 Å². The third-order valence-corrected chi connectivity index (χ3v) is 3.66. The molecule has 2 nitrogen and oxygen atoms in total. The van der Waals surface area contributed by atoms with Crippen molar-refractivity contribution in [3.63, 3.8) is 0 Å². The van der Waals surface area contributed by atoms with Crippen molar-refractivity contribution < 1.29 is 9.47 Å². The highest BCUT2D eigenvalue weighted by Crippen LogP contribution is 2.16. The summed E-state index contributed by atoms with van der Waals surface area (Å²) in [6, 6.07) is 5.16. The first-order valence-corrected chi connectivity index (χ1v) is 6.77. The van der Waals surface area contributed by atoms with Crippen molar-refractivity contribution in [1.29, 1.82) is 0 Å². The highest BCUT2D eigenvalue weighted by atomic mass is 15.1. The number of nitrogens with zero attached hydrogens (tertiary/aromatic N) is 1. The van der Waals surface area contributed by atoms with Gasteiger partial charge < -0.3 is 4.90 Å². The molecule has 2 atom stereocenters. The Labute approximate surface area is 105 Å². The van der Waals surface area contributed by atoms with Gasteiger partial charge in [-0.3, -0.25) is 0 Å². The molecule has 2 rings (SSSR count). The molecule has 0 spiro atoms. The Balaban J connectivity index is 2.08. The van der Waals surface area contributed by atoms with Crippen LogP contribution in [0.4, 0.5) is 0 Å². The fraction of sp³-hybridized carbons (Fsp3) is 0.533.